The van der Waals surface area contributed by atoms with Crippen molar-refractivity contribution in [1.29, 1.82) is 0 Å². The van der Waals surface area contributed by atoms with E-state index in [9.17, 15) is 0 Å². The van der Waals surface area contributed by atoms with E-state index in [1.807, 2.05) is 0 Å². The molecule has 11 rings (SSSR count). The highest BCUT2D eigenvalue weighted by atomic mass is 15.0. The fourth-order valence-corrected chi connectivity index (χ4v) is 8.61. The summed E-state index contributed by atoms with van der Waals surface area (Å²) in [4.78, 5) is 0. The lowest BCUT2D eigenvalue weighted by Crippen LogP contribution is -1.94. The molecular formula is C54H36N2. The molecule has 0 fully saturated rings. The first-order chi connectivity index (χ1) is 27.8. The van der Waals surface area contributed by atoms with Crippen LogP contribution in [0.2, 0.25) is 0 Å². The summed E-state index contributed by atoms with van der Waals surface area (Å²) in [5, 5.41) is 4.99. The first kappa shape index (κ1) is 32.0. The zero-order valence-electron chi connectivity index (χ0n) is 30.7. The SMILES string of the molecule is c1ccc(-c2ccc(-c3cccc(-n4c5ccccc5c5cc(-c6ccc7c(c6)c6ccc(-c8ccccc8)cc6n7-c6ccccc6)ccc54)c3)cc2)cc1. The van der Waals surface area contributed by atoms with E-state index in [2.05, 4.69) is 228 Å². The highest BCUT2D eigenvalue weighted by Crippen LogP contribution is 2.40. The van der Waals surface area contributed by atoms with E-state index >= 15 is 0 Å². The van der Waals surface area contributed by atoms with Crippen LogP contribution in [0, 0.1) is 0 Å². The molecule has 0 aliphatic heterocycles. The Morgan fingerprint density at radius 2 is 0.589 bits per heavy atom. The Bertz CT molecular complexity index is 3210. The predicted molar refractivity (Wildman–Crippen MR) is 237 cm³/mol. The molecule has 9 aromatic carbocycles. The summed E-state index contributed by atoms with van der Waals surface area (Å²) in [6.07, 6.45) is 0. The maximum atomic E-state index is 2.41. The highest BCUT2D eigenvalue weighted by molar-refractivity contribution is 6.13. The van der Waals surface area contributed by atoms with Crippen LogP contribution in [0.15, 0.2) is 218 Å². The van der Waals surface area contributed by atoms with E-state index in [0.29, 0.717) is 0 Å². The van der Waals surface area contributed by atoms with Gasteiger partial charge in [0.1, 0.15) is 0 Å². The molecule has 2 heterocycles. The maximum absolute atomic E-state index is 2.41. The Morgan fingerprint density at radius 1 is 0.196 bits per heavy atom. The third-order valence-corrected chi connectivity index (χ3v) is 11.3. The number of hydrogen-bond acceptors (Lipinski definition) is 0. The Morgan fingerprint density at radius 3 is 1.25 bits per heavy atom. The van der Waals surface area contributed by atoms with Crippen LogP contribution < -0.4 is 0 Å². The second kappa shape index (κ2) is 13.2. The molecular weight excluding hydrogens is 677 g/mol. The third-order valence-electron chi connectivity index (χ3n) is 11.3. The van der Waals surface area contributed by atoms with Gasteiger partial charge in [0.15, 0.2) is 0 Å². The molecule has 11 aromatic rings. The van der Waals surface area contributed by atoms with Crippen molar-refractivity contribution in [3.8, 4) is 55.9 Å². The molecule has 0 saturated carbocycles. The summed E-state index contributed by atoms with van der Waals surface area (Å²) in [5.74, 6) is 0. The van der Waals surface area contributed by atoms with Gasteiger partial charge < -0.3 is 9.13 Å². The zero-order valence-corrected chi connectivity index (χ0v) is 30.7. The minimum Gasteiger partial charge on any atom is -0.309 e. The van der Waals surface area contributed by atoms with Gasteiger partial charge in [0.05, 0.1) is 22.1 Å². The largest absolute Gasteiger partial charge is 0.309 e. The summed E-state index contributed by atoms with van der Waals surface area (Å²) >= 11 is 0. The predicted octanol–water partition coefficient (Wildman–Crippen LogP) is 14.5. The lowest BCUT2D eigenvalue weighted by molar-refractivity contribution is 1.18. The highest BCUT2D eigenvalue weighted by Gasteiger charge is 2.17. The van der Waals surface area contributed by atoms with Gasteiger partial charge in [0.2, 0.25) is 0 Å². The fraction of sp³-hybridized carbons (Fsp3) is 0. The number of rotatable bonds is 6. The lowest BCUT2D eigenvalue weighted by Gasteiger charge is -2.11. The van der Waals surface area contributed by atoms with Gasteiger partial charge in [0.25, 0.3) is 0 Å². The molecule has 0 unspecified atom stereocenters. The molecule has 0 amide bonds. The second-order valence-corrected chi connectivity index (χ2v) is 14.6. The average molecular weight is 713 g/mol. The summed E-state index contributed by atoms with van der Waals surface area (Å²) in [6, 6.07) is 79.4. The van der Waals surface area contributed by atoms with Gasteiger partial charge in [-0.25, -0.2) is 0 Å². The topological polar surface area (TPSA) is 9.86 Å². The van der Waals surface area contributed by atoms with E-state index in [0.717, 1.165) is 11.4 Å². The fourth-order valence-electron chi connectivity index (χ4n) is 8.61. The zero-order chi connectivity index (χ0) is 37.0. The van der Waals surface area contributed by atoms with Crippen molar-refractivity contribution < 1.29 is 0 Å². The summed E-state index contributed by atoms with van der Waals surface area (Å²) in [7, 11) is 0. The molecule has 2 nitrogen and oxygen atoms in total. The van der Waals surface area contributed by atoms with Crippen LogP contribution in [0.3, 0.4) is 0 Å². The number of benzene rings is 9. The number of aromatic nitrogens is 2. The van der Waals surface area contributed by atoms with E-state index < -0.39 is 0 Å². The Kier molecular flexibility index (Phi) is 7.53. The molecule has 2 heteroatoms. The molecule has 0 bridgehead atoms. The van der Waals surface area contributed by atoms with Crippen molar-refractivity contribution in [2.45, 2.75) is 0 Å². The second-order valence-electron chi connectivity index (χ2n) is 14.6. The molecule has 0 aliphatic rings. The van der Waals surface area contributed by atoms with E-state index in [1.165, 1.54) is 88.1 Å². The Hall–Kier alpha value is -7.42. The van der Waals surface area contributed by atoms with Crippen LogP contribution in [-0.4, -0.2) is 9.13 Å². The average Bonchev–Trinajstić information content (AvgIpc) is 3.79. The maximum Gasteiger partial charge on any atom is 0.0547 e. The summed E-state index contributed by atoms with van der Waals surface area (Å²) in [6.45, 7) is 0. The molecule has 262 valence electrons. The van der Waals surface area contributed by atoms with Gasteiger partial charge in [-0.05, 0) is 105 Å². The van der Waals surface area contributed by atoms with Crippen LogP contribution in [-0.2, 0) is 0 Å². The first-order valence-corrected chi connectivity index (χ1v) is 19.3. The lowest BCUT2D eigenvalue weighted by atomic mass is 9.99. The van der Waals surface area contributed by atoms with Crippen molar-refractivity contribution >= 4 is 43.6 Å². The third kappa shape index (κ3) is 5.34. The van der Waals surface area contributed by atoms with E-state index in [1.54, 1.807) is 0 Å². The Balaban J connectivity index is 1.03. The van der Waals surface area contributed by atoms with Gasteiger partial charge in [0, 0.05) is 32.9 Å². The molecule has 0 radical (unpaired) electrons. The number of hydrogen-bond donors (Lipinski definition) is 0. The van der Waals surface area contributed by atoms with Crippen molar-refractivity contribution in [2.24, 2.45) is 0 Å². The van der Waals surface area contributed by atoms with Crippen LogP contribution in [0.25, 0.3) is 99.5 Å². The van der Waals surface area contributed by atoms with Gasteiger partial charge in [-0.15, -0.1) is 0 Å². The molecule has 0 atom stereocenters. The van der Waals surface area contributed by atoms with Gasteiger partial charge in [-0.3, -0.25) is 0 Å². The Labute approximate surface area is 325 Å². The van der Waals surface area contributed by atoms with E-state index in [4.69, 9.17) is 0 Å². The van der Waals surface area contributed by atoms with Crippen LogP contribution >= 0.6 is 0 Å². The van der Waals surface area contributed by atoms with E-state index in [-0.39, 0.29) is 0 Å². The smallest absolute Gasteiger partial charge is 0.0547 e. The normalized spacial score (nSPS) is 11.6. The minimum atomic E-state index is 1.15. The van der Waals surface area contributed by atoms with Crippen molar-refractivity contribution in [2.75, 3.05) is 0 Å². The first-order valence-electron chi connectivity index (χ1n) is 19.3. The van der Waals surface area contributed by atoms with Crippen LogP contribution in [0.5, 0.6) is 0 Å². The standard InChI is InChI=1S/C54H36N2/c1-4-13-37(14-5-1)39-23-25-40(26-24-39)41-17-12-20-46(33-41)56-51-22-11-10-21-47(51)49-34-42(29-32-53(49)56)43-28-31-52-50(35-43)48-30-27-44(38-15-6-2-7-16-38)36-54(48)55(52)45-18-8-3-9-19-45/h1-36H. The van der Waals surface area contributed by atoms with Crippen LogP contribution in [0.1, 0.15) is 0 Å². The quantitative estimate of drug-likeness (QED) is 0.162. The van der Waals surface area contributed by atoms with Crippen molar-refractivity contribution in [3.05, 3.63) is 218 Å². The number of para-hydroxylation sites is 2. The van der Waals surface area contributed by atoms with Gasteiger partial charge in [-0.1, -0.05) is 158 Å². The molecule has 0 saturated heterocycles. The molecule has 0 spiro atoms. The number of nitrogens with zero attached hydrogens (tertiary/aromatic N) is 2. The molecule has 0 aliphatic carbocycles. The molecule has 0 N–H and O–H groups in total. The van der Waals surface area contributed by atoms with Gasteiger partial charge >= 0.3 is 0 Å². The van der Waals surface area contributed by atoms with Crippen molar-refractivity contribution in [1.82, 2.24) is 9.13 Å². The summed E-state index contributed by atoms with van der Waals surface area (Å²) in [5.41, 5.74) is 16.8. The van der Waals surface area contributed by atoms with Crippen molar-refractivity contribution in [3.63, 3.8) is 0 Å². The summed E-state index contributed by atoms with van der Waals surface area (Å²) < 4.78 is 4.82. The monoisotopic (exact) mass is 712 g/mol. The minimum absolute atomic E-state index is 1.15. The molecule has 56 heavy (non-hydrogen) atoms. The van der Waals surface area contributed by atoms with Gasteiger partial charge in [-0.2, -0.15) is 0 Å². The van der Waals surface area contributed by atoms with Crippen LogP contribution in [0.4, 0.5) is 0 Å². The number of fused-ring (bicyclic) bond motifs is 6. The molecule has 2 aromatic heterocycles.